The molecule has 0 aliphatic rings. The normalized spacial score (nSPS) is 11.2. The number of carboxylic acid groups (broad SMARTS) is 1. The summed E-state index contributed by atoms with van der Waals surface area (Å²) in [5, 5.41) is 10.0. The number of hydrogen-bond donors (Lipinski definition) is 1. The number of hydrogen-bond acceptors (Lipinski definition) is 8. The molecule has 0 saturated heterocycles. The van der Waals surface area contributed by atoms with Gasteiger partial charge in [0.2, 0.25) is 0 Å². The van der Waals surface area contributed by atoms with E-state index < -0.39 is 11.9 Å². The van der Waals surface area contributed by atoms with Crippen LogP contribution in [0.1, 0.15) is 41.3 Å². The van der Waals surface area contributed by atoms with Crippen molar-refractivity contribution in [1.82, 2.24) is 14.9 Å². The molecule has 0 aliphatic heterocycles. The van der Waals surface area contributed by atoms with E-state index in [0.717, 1.165) is 17.4 Å². The van der Waals surface area contributed by atoms with Gasteiger partial charge in [-0.15, -0.1) is 11.3 Å². The molecule has 0 amide bonds. The predicted octanol–water partition coefficient (Wildman–Crippen LogP) is 2.54. The third-order valence-electron chi connectivity index (χ3n) is 3.86. The largest absolute Gasteiger partial charge is 0.480 e. The first kappa shape index (κ1) is 21.0. The number of anilines is 1. The zero-order valence-electron chi connectivity index (χ0n) is 16.4. The molecule has 2 rings (SSSR count). The molecule has 27 heavy (non-hydrogen) atoms. The number of aromatic nitrogens is 2. The summed E-state index contributed by atoms with van der Waals surface area (Å²) in [6.45, 7) is 6.76. The quantitative estimate of drug-likeness (QED) is 0.648. The number of fused-ring (bicyclic) bond motifs is 1. The van der Waals surface area contributed by atoms with Crippen molar-refractivity contribution in [2.45, 2.75) is 33.7 Å². The van der Waals surface area contributed by atoms with Crippen molar-refractivity contribution in [2.24, 2.45) is 0 Å². The number of rotatable bonds is 9. The van der Waals surface area contributed by atoms with E-state index in [9.17, 15) is 14.7 Å². The molecule has 2 aromatic rings. The molecule has 0 atom stereocenters. The summed E-state index contributed by atoms with van der Waals surface area (Å²) in [4.78, 5) is 37.8. The van der Waals surface area contributed by atoms with Gasteiger partial charge in [0.05, 0.1) is 18.5 Å². The summed E-state index contributed by atoms with van der Waals surface area (Å²) >= 11 is 1.26. The van der Waals surface area contributed by atoms with Crippen LogP contribution in [0, 0.1) is 6.92 Å². The maximum absolute atomic E-state index is 12.3. The number of carbonyl (C=O) groups is 2. The van der Waals surface area contributed by atoms with Gasteiger partial charge in [0.15, 0.2) is 0 Å². The van der Waals surface area contributed by atoms with Gasteiger partial charge in [-0.25, -0.2) is 14.8 Å². The van der Waals surface area contributed by atoms with Crippen LogP contribution in [0.2, 0.25) is 0 Å². The Bertz CT molecular complexity index is 834. The Labute approximate surface area is 162 Å². The van der Waals surface area contributed by atoms with Crippen molar-refractivity contribution in [2.75, 3.05) is 38.7 Å². The highest BCUT2D eigenvalue weighted by atomic mass is 32.1. The second kappa shape index (κ2) is 9.09. The summed E-state index contributed by atoms with van der Waals surface area (Å²) in [6, 6.07) is 0. The minimum absolute atomic E-state index is 0.161. The monoisotopic (exact) mass is 394 g/mol. The van der Waals surface area contributed by atoms with Crippen molar-refractivity contribution in [3.8, 4) is 0 Å². The molecular formula is C18H26N4O4S. The van der Waals surface area contributed by atoms with Crippen LogP contribution in [0.25, 0.3) is 10.2 Å². The second-order valence-electron chi connectivity index (χ2n) is 6.47. The topological polar surface area (TPSA) is 95.9 Å². The summed E-state index contributed by atoms with van der Waals surface area (Å²) < 4.78 is 5.15. The number of carbonyl (C=O) groups excluding carboxylic acids is 1. The van der Waals surface area contributed by atoms with Crippen molar-refractivity contribution in [1.29, 1.82) is 0 Å². The maximum Gasteiger partial charge on any atom is 0.348 e. The third kappa shape index (κ3) is 4.92. The Hall–Kier alpha value is -2.26. The second-order valence-corrected chi connectivity index (χ2v) is 7.47. The molecule has 0 aliphatic carbocycles. The summed E-state index contributed by atoms with van der Waals surface area (Å²) in [6.07, 6.45) is 0.774. The zero-order chi connectivity index (χ0) is 20.1. The molecule has 148 valence electrons. The van der Waals surface area contributed by atoms with Crippen molar-refractivity contribution < 1.29 is 19.4 Å². The number of ether oxygens (including phenoxy) is 1. The van der Waals surface area contributed by atoms with Gasteiger partial charge in [-0.3, -0.25) is 4.79 Å². The van der Waals surface area contributed by atoms with Crippen LogP contribution in [0.5, 0.6) is 0 Å². The standard InChI is InChI=1S/C18H26N4O4S/c1-6-8-22(10-13(23)24)16-14-11(3)15(18(25)26-7-2)27-17(14)20-12(19-16)9-21(4)5/h6-10H2,1-5H3,(H,23,24). The van der Waals surface area contributed by atoms with Crippen LogP contribution >= 0.6 is 11.3 Å². The first-order chi connectivity index (χ1) is 12.8. The van der Waals surface area contributed by atoms with Crippen LogP contribution in [-0.4, -0.2) is 65.7 Å². The lowest BCUT2D eigenvalue weighted by Gasteiger charge is -2.23. The Balaban J connectivity index is 2.69. The fourth-order valence-corrected chi connectivity index (χ4v) is 3.92. The van der Waals surface area contributed by atoms with E-state index in [4.69, 9.17) is 4.74 Å². The summed E-state index contributed by atoms with van der Waals surface area (Å²) in [5.74, 6) is -0.169. The summed E-state index contributed by atoms with van der Waals surface area (Å²) in [5.41, 5.74) is 0.728. The summed E-state index contributed by atoms with van der Waals surface area (Å²) in [7, 11) is 3.83. The Morgan fingerprint density at radius 1 is 1.22 bits per heavy atom. The van der Waals surface area contributed by atoms with Gasteiger partial charge in [0.25, 0.3) is 0 Å². The molecule has 0 bridgehead atoms. The van der Waals surface area contributed by atoms with E-state index in [1.807, 2.05) is 32.8 Å². The van der Waals surface area contributed by atoms with Crippen LogP contribution in [0.15, 0.2) is 0 Å². The minimum Gasteiger partial charge on any atom is -0.480 e. The molecule has 9 heteroatoms. The lowest BCUT2D eigenvalue weighted by molar-refractivity contribution is -0.135. The van der Waals surface area contributed by atoms with Gasteiger partial charge in [0, 0.05) is 6.54 Å². The van der Waals surface area contributed by atoms with Gasteiger partial charge in [-0.1, -0.05) is 6.92 Å². The van der Waals surface area contributed by atoms with Gasteiger partial charge >= 0.3 is 11.9 Å². The molecule has 0 aromatic carbocycles. The molecule has 0 radical (unpaired) electrons. The van der Waals surface area contributed by atoms with Crippen molar-refractivity contribution >= 4 is 39.3 Å². The van der Waals surface area contributed by atoms with Gasteiger partial charge in [-0.05, 0) is 39.9 Å². The molecule has 1 N–H and O–H groups in total. The molecule has 0 unspecified atom stereocenters. The lowest BCUT2D eigenvalue weighted by Crippen LogP contribution is -2.32. The zero-order valence-corrected chi connectivity index (χ0v) is 17.2. The molecule has 0 fully saturated rings. The average molecular weight is 394 g/mol. The van der Waals surface area contributed by atoms with E-state index in [2.05, 4.69) is 9.97 Å². The Morgan fingerprint density at radius 3 is 2.48 bits per heavy atom. The molecule has 2 heterocycles. The van der Waals surface area contributed by atoms with Gasteiger partial charge in [0.1, 0.15) is 27.9 Å². The van der Waals surface area contributed by atoms with Crippen LogP contribution in [0.4, 0.5) is 5.82 Å². The van der Waals surface area contributed by atoms with Gasteiger partial charge < -0.3 is 19.6 Å². The fourth-order valence-electron chi connectivity index (χ4n) is 2.83. The molecule has 0 saturated carbocycles. The van der Waals surface area contributed by atoms with Crippen molar-refractivity contribution in [3.63, 3.8) is 0 Å². The number of carboxylic acids is 1. The van der Waals surface area contributed by atoms with Gasteiger partial charge in [-0.2, -0.15) is 0 Å². The Morgan fingerprint density at radius 2 is 1.93 bits per heavy atom. The number of nitrogens with zero attached hydrogens (tertiary/aromatic N) is 4. The van der Waals surface area contributed by atoms with Crippen LogP contribution in [-0.2, 0) is 16.1 Å². The van der Waals surface area contributed by atoms with E-state index in [1.165, 1.54) is 11.3 Å². The van der Waals surface area contributed by atoms with E-state index >= 15 is 0 Å². The number of thiophene rings is 1. The van der Waals surface area contributed by atoms with Crippen LogP contribution in [0.3, 0.4) is 0 Å². The first-order valence-corrected chi connectivity index (χ1v) is 9.68. The van der Waals surface area contributed by atoms with Crippen molar-refractivity contribution in [3.05, 3.63) is 16.3 Å². The first-order valence-electron chi connectivity index (χ1n) is 8.87. The predicted molar refractivity (Wildman–Crippen MR) is 106 cm³/mol. The molecule has 2 aromatic heterocycles. The lowest BCUT2D eigenvalue weighted by atomic mass is 10.2. The van der Waals surface area contributed by atoms with E-state index in [1.54, 1.807) is 11.8 Å². The number of aliphatic carboxylic acids is 1. The van der Waals surface area contributed by atoms with E-state index in [-0.39, 0.29) is 13.2 Å². The Kier molecular flexibility index (Phi) is 7.09. The molecular weight excluding hydrogens is 368 g/mol. The molecule has 8 nitrogen and oxygen atoms in total. The highest BCUT2D eigenvalue weighted by Crippen LogP contribution is 2.36. The molecule has 0 spiro atoms. The number of esters is 1. The number of aryl methyl sites for hydroxylation is 1. The average Bonchev–Trinajstić information content (AvgIpc) is 2.90. The SMILES string of the molecule is CCCN(CC(=O)O)c1nc(CN(C)C)nc2sc(C(=O)OCC)c(C)c12. The third-order valence-corrected chi connectivity index (χ3v) is 5.02. The highest BCUT2D eigenvalue weighted by Gasteiger charge is 2.24. The maximum atomic E-state index is 12.3. The smallest absolute Gasteiger partial charge is 0.348 e. The minimum atomic E-state index is -0.928. The highest BCUT2D eigenvalue weighted by molar-refractivity contribution is 7.20. The fraction of sp³-hybridized carbons (Fsp3) is 0.556. The van der Waals surface area contributed by atoms with Crippen LogP contribution < -0.4 is 4.90 Å². The van der Waals surface area contributed by atoms with E-state index in [0.29, 0.717) is 34.4 Å².